The molecule has 1 N–H and O–H groups in total. The molecule has 0 bridgehead atoms. The maximum Gasteiger partial charge on any atom is 0.340 e. The van der Waals surface area contributed by atoms with Crippen molar-refractivity contribution in [2.75, 3.05) is 0 Å². The van der Waals surface area contributed by atoms with Gasteiger partial charge in [0.25, 0.3) is 5.91 Å². The van der Waals surface area contributed by atoms with Crippen molar-refractivity contribution < 1.29 is 14.3 Å². The van der Waals surface area contributed by atoms with E-state index in [0.29, 0.717) is 15.6 Å². The molecule has 0 unspecified atom stereocenters. The molecule has 0 aliphatic heterocycles. The van der Waals surface area contributed by atoms with Crippen molar-refractivity contribution >= 4 is 46.7 Å². The Labute approximate surface area is 160 Å². The van der Waals surface area contributed by atoms with Crippen LogP contribution in [0.15, 0.2) is 36.5 Å². The van der Waals surface area contributed by atoms with Crippen molar-refractivity contribution in [2.45, 2.75) is 26.0 Å². The molecule has 0 saturated carbocycles. The molecule has 0 aliphatic rings. The highest BCUT2D eigenvalue weighted by Crippen LogP contribution is 2.26. The van der Waals surface area contributed by atoms with Crippen LogP contribution in [0.4, 0.5) is 0 Å². The normalized spacial score (nSPS) is 13.0. The third kappa shape index (κ3) is 5.33. The smallest absolute Gasteiger partial charge is 0.340 e. The summed E-state index contributed by atoms with van der Waals surface area (Å²) in [6.07, 6.45) is 0.294. The van der Waals surface area contributed by atoms with E-state index in [4.69, 9.17) is 39.5 Å². The van der Waals surface area contributed by atoms with Gasteiger partial charge in [0.05, 0.1) is 11.6 Å². The number of benzene rings is 1. The summed E-state index contributed by atoms with van der Waals surface area (Å²) >= 11 is 17.7. The first kappa shape index (κ1) is 19.5. The van der Waals surface area contributed by atoms with E-state index in [1.54, 1.807) is 25.1 Å². The molecule has 1 heterocycles. The number of carbonyl (C=O) groups is 2. The topological polar surface area (TPSA) is 68.3 Å². The molecule has 2 rings (SSSR count). The van der Waals surface area contributed by atoms with Crippen LogP contribution in [0.1, 0.15) is 35.8 Å². The Morgan fingerprint density at radius 1 is 1.12 bits per heavy atom. The number of carbonyl (C=O) groups excluding carboxylic acids is 2. The fourth-order valence-electron chi connectivity index (χ4n) is 2.04. The van der Waals surface area contributed by atoms with Crippen molar-refractivity contribution in [3.05, 3.63) is 62.9 Å². The van der Waals surface area contributed by atoms with Gasteiger partial charge in [-0.1, -0.05) is 40.9 Å². The summed E-state index contributed by atoms with van der Waals surface area (Å²) in [6.45, 7) is 3.25. The van der Waals surface area contributed by atoms with Crippen LogP contribution in [-0.2, 0) is 9.53 Å². The molecule has 2 aromatic rings. The van der Waals surface area contributed by atoms with Gasteiger partial charge in [-0.15, -0.1) is 0 Å². The summed E-state index contributed by atoms with van der Waals surface area (Å²) in [5, 5.41) is 3.95. The lowest BCUT2D eigenvalue weighted by atomic mass is 10.1. The van der Waals surface area contributed by atoms with Gasteiger partial charge in [-0.2, -0.15) is 0 Å². The zero-order valence-electron chi connectivity index (χ0n) is 13.4. The largest absolute Gasteiger partial charge is 0.449 e. The third-order valence-corrected chi connectivity index (χ3v) is 4.19. The van der Waals surface area contributed by atoms with Gasteiger partial charge in [-0.3, -0.25) is 4.79 Å². The summed E-state index contributed by atoms with van der Waals surface area (Å²) in [6, 6.07) is 7.56. The minimum absolute atomic E-state index is 0.206. The fourth-order valence-corrected chi connectivity index (χ4v) is 2.72. The summed E-state index contributed by atoms with van der Waals surface area (Å²) in [5.41, 5.74) is 0.915. The second-order valence-corrected chi connectivity index (χ2v) is 6.54. The van der Waals surface area contributed by atoms with Crippen molar-refractivity contribution in [1.82, 2.24) is 10.3 Å². The van der Waals surface area contributed by atoms with Crippen molar-refractivity contribution in [3.63, 3.8) is 0 Å². The van der Waals surface area contributed by atoms with E-state index in [-0.39, 0.29) is 16.8 Å². The maximum absolute atomic E-state index is 12.2. The van der Waals surface area contributed by atoms with E-state index in [1.165, 1.54) is 25.3 Å². The van der Waals surface area contributed by atoms with Crippen LogP contribution in [0, 0.1) is 0 Å². The van der Waals surface area contributed by atoms with Crippen LogP contribution in [0.5, 0.6) is 0 Å². The third-order valence-electron chi connectivity index (χ3n) is 3.40. The van der Waals surface area contributed by atoms with Gasteiger partial charge in [-0.25, -0.2) is 9.78 Å². The van der Waals surface area contributed by atoms with Crippen LogP contribution in [-0.4, -0.2) is 23.0 Å². The summed E-state index contributed by atoms with van der Waals surface area (Å²) in [4.78, 5) is 28.0. The molecular weight excluding hydrogens is 387 g/mol. The first-order chi connectivity index (χ1) is 11.8. The SMILES string of the molecule is C[C@H](NC(=O)[C@@H](C)OC(=O)c1ccc(Cl)nc1)c1ccc(Cl)cc1Cl. The van der Waals surface area contributed by atoms with E-state index in [2.05, 4.69) is 10.3 Å². The van der Waals surface area contributed by atoms with Crippen molar-refractivity contribution in [3.8, 4) is 0 Å². The molecule has 0 fully saturated rings. The van der Waals surface area contributed by atoms with E-state index >= 15 is 0 Å². The number of hydrogen-bond donors (Lipinski definition) is 1. The first-order valence-corrected chi connectivity index (χ1v) is 8.49. The number of hydrogen-bond acceptors (Lipinski definition) is 4. The summed E-state index contributed by atoms with van der Waals surface area (Å²) in [5.74, 6) is -1.11. The monoisotopic (exact) mass is 400 g/mol. The van der Waals surface area contributed by atoms with E-state index < -0.39 is 18.0 Å². The average Bonchev–Trinajstić information content (AvgIpc) is 2.55. The first-order valence-electron chi connectivity index (χ1n) is 7.35. The van der Waals surface area contributed by atoms with E-state index in [1.807, 2.05) is 0 Å². The molecule has 0 aliphatic carbocycles. The van der Waals surface area contributed by atoms with Gasteiger partial charge >= 0.3 is 5.97 Å². The minimum atomic E-state index is -0.989. The quantitative estimate of drug-likeness (QED) is 0.593. The zero-order chi connectivity index (χ0) is 18.6. The van der Waals surface area contributed by atoms with Gasteiger partial charge < -0.3 is 10.1 Å². The maximum atomic E-state index is 12.2. The Bertz CT molecular complexity index is 781. The van der Waals surface area contributed by atoms with Gasteiger partial charge in [0.15, 0.2) is 6.10 Å². The number of rotatable bonds is 5. The molecule has 132 valence electrons. The molecule has 2 atom stereocenters. The number of halogens is 3. The van der Waals surface area contributed by atoms with Crippen LogP contribution < -0.4 is 5.32 Å². The van der Waals surface area contributed by atoms with Crippen LogP contribution in [0.2, 0.25) is 15.2 Å². The molecule has 1 aromatic heterocycles. The van der Waals surface area contributed by atoms with Crippen LogP contribution in [0.3, 0.4) is 0 Å². The number of aromatic nitrogens is 1. The molecule has 1 aromatic carbocycles. The lowest BCUT2D eigenvalue weighted by Gasteiger charge is -2.19. The number of pyridine rings is 1. The molecule has 5 nitrogen and oxygen atoms in total. The lowest BCUT2D eigenvalue weighted by molar-refractivity contribution is -0.129. The fraction of sp³-hybridized carbons (Fsp3) is 0.235. The average molecular weight is 402 g/mol. The number of ether oxygens (including phenoxy) is 1. The molecule has 0 saturated heterocycles. The predicted molar refractivity (Wildman–Crippen MR) is 97.1 cm³/mol. The second kappa shape index (κ2) is 8.52. The van der Waals surface area contributed by atoms with Gasteiger partial charge in [0.2, 0.25) is 0 Å². The Balaban J connectivity index is 1.97. The van der Waals surface area contributed by atoms with Crippen molar-refractivity contribution in [2.24, 2.45) is 0 Å². The van der Waals surface area contributed by atoms with Gasteiger partial charge in [0.1, 0.15) is 5.15 Å². The second-order valence-electron chi connectivity index (χ2n) is 5.31. The number of esters is 1. The highest BCUT2D eigenvalue weighted by atomic mass is 35.5. The highest BCUT2D eigenvalue weighted by Gasteiger charge is 2.22. The van der Waals surface area contributed by atoms with Gasteiger partial charge in [0, 0.05) is 16.2 Å². The standard InChI is InChI=1S/C17H15Cl3N2O3/c1-9(13-5-4-12(18)7-14(13)19)22-16(23)10(2)25-17(24)11-3-6-15(20)21-8-11/h3-10H,1-2H3,(H,22,23)/t9-,10+/m0/s1. The van der Waals surface area contributed by atoms with Crippen LogP contribution >= 0.6 is 34.8 Å². The van der Waals surface area contributed by atoms with E-state index in [9.17, 15) is 9.59 Å². The molecule has 0 radical (unpaired) electrons. The van der Waals surface area contributed by atoms with Crippen molar-refractivity contribution in [1.29, 1.82) is 0 Å². The Hall–Kier alpha value is -1.82. The Morgan fingerprint density at radius 2 is 1.84 bits per heavy atom. The summed E-state index contributed by atoms with van der Waals surface area (Å²) < 4.78 is 5.14. The van der Waals surface area contributed by atoms with Gasteiger partial charge in [-0.05, 0) is 43.7 Å². The molecular formula is C17H15Cl3N2O3. The van der Waals surface area contributed by atoms with E-state index in [0.717, 1.165) is 0 Å². The Morgan fingerprint density at radius 3 is 2.44 bits per heavy atom. The highest BCUT2D eigenvalue weighted by molar-refractivity contribution is 6.35. The number of amides is 1. The molecule has 25 heavy (non-hydrogen) atoms. The summed E-state index contributed by atoms with van der Waals surface area (Å²) in [7, 11) is 0. The molecule has 1 amide bonds. The number of nitrogens with one attached hydrogen (secondary N) is 1. The molecule has 8 heteroatoms. The zero-order valence-corrected chi connectivity index (χ0v) is 15.7. The predicted octanol–water partition coefficient (Wildman–Crippen LogP) is 4.46. The molecule has 0 spiro atoms. The Kier molecular flexibility index (Phi) is 6.64. The lowest BCUT2D eigenvalue weighted by Crippen LogP contribution is -2.37. The van der Waals surface area contributed by atoms with Crippen LogP contribution in [0.25, 0.3) is 0 Å². The number of nitrogens with zero attached hydrogens (tertiary/aromatic N) is 1. The minimum Gasteiger partial charge on any atom is -0.449 e.